The summed E-state index contributed by atoms with van der Waals surface area (Å²) >= 11 is 6.60. The van der Waals surface area contributed by atoms with E-state index in [9.17, 15) is 14.9 Å². The van der Waals surface area contributed by atoms with Crippen LogP contribution >= 0.6 is 24.0 Å². The maximum atomic E-state index is 12.9. The third kappa shape index (κ3) is 4.16. The molecule has 0 spiro atoms. The molecule has 0 saturated carbocycles. The van der Waals surface area contributed by atoms with E-state index in [1.54, 1.807) is 27.2 Å². The van der Waals surface area contributed by atoms with Crippen molar-refractivity contribution in [2.75, 3.05) is 58.4 Å². The quantitative estimate of drug-likeness (QED) is 0.491. The van der Waals surface area contributed by atoms with Crippen LogP contribution in [0.3, 0.4) is 0 Å². The van der Waals surface area contributed by atoms with Gasteiger partial charge in [0.25, 0.3) is 11.5 Å². The summed E-state index contributed by atoms with van der Waals surface area (Å²) in [4.78, 5) is 32.1. The predicted octanol–water partition coefficient (Wildman–Crippen LogP) is 1.16. The molecule has 0 bridgehead atoms. The van der Waals surface area contributed by atoms with Crippen molar-refractivity contribution in [3.63, 3.8) is 0 Å². The molecule has 3 rings (SSSR count). The fourth-order valence-electron chi connectivity index (χ4n) is 3.62. The van der Waals surface area contributed by atoms with E-state index in [1.165, 1.54) is 21.2 Å². The van der Waals surface area contributed by atoms with Gasteiger partial charge in [0.2, 0.25) is 0 Å². The second-order valence-corrected chi connectivity index (χ2v) is 9.01. The van der Waals surface area contributed by atoms with E-state index in [0.717, 1.165) is 32.0 Å². The van der Waals surface area contributed by atoms with E-state index < -0.39 is 0 Å². The average molecular weight is 448 g/mol. The van der Waals surface area contributed by atoms with Gasteiger partial charge in [-0.3, -0.25) is 19.1 Å². The normalized spacial score (nSPS) is 19.1. The number of carbonyl (C=O) groups excluding carboxylic acids is 1. The van der Waals surface area contributed by atoms with E-state index in [4.69, 9.17) is 17.0 Å². The highest BCUT2D eigenvalue weighted by atomic mass is 32.2. The SMILES string of the molecule is COCCN1C(=O)/C(=C/c2c(C)c(C#N)c(=O)n(C)c2N2CCN(C)CC2)SC1=S. The van der Waals surface area contributed by atoms with Crippen LogP contribution in [0.4, 0.5) is 5.82 Å². The molecule has 3 heterocycles. The maximum absolute atomic E-state index is 12.9. The van der Waals surface area contributed by atoms with Crippen LogP contribution in [0.15, 0.2) is 9.70 Å². The van der Waals surface area contributed by atoms with Gasteiger partial charge >= 0.3 is 0 Å². The molecular weight excluding hydrogens is 422 g/mol. The summed E-state index contributed by atoms with van der Waals surface area (Å²) in [6.07, 6.45) is 1.77. The van der Waals surface area contributed by atoms with Crippen LogP contribution in [0, 0.1) is 18.3 Å². The molecule has 1 aromatic rings. The van der Waals surface area contributed by atoms with E-state index in [0.29, 0.717) is 33.5 Å². The number of aromatic nitrogens is 1. The van der Waals surface area contributed by atoms with Gasteiger partial charge in [-0.25, -0.2) is 0 Å². The number of anilines is 1. The number of thioether (sulfide) groups is 1. The van der Waals surface area contributed by atoms with Crippen LogP contribution in [0.2, 0.25) is 0 Å². The highest BCUT2D eigenvalue weighted by Gasteiger charge is 2.33. The van der Waals surface area contributed by atoms with Crippen molar-refractivity contribution < 1.29 is 9.53 Å². The van der Waals surface area contributed by atoms with Crippen LogP contribution in [0.25, 0.3) is 6.08 Å². The molecule has 2 fully saturated rings. The predicted molar refractivity (Wildman–Crippen MR) is 123 cm³/mol. The van der Waals surface area contributed by atoms with Gasteiger partial charge < -0.3 is 14.5 Å². The topological polar surface area (TPSA) is 81.8 Å². The second-order valence-electron chi connectivity index (χ2n) is 7.33. The first-order chi connectivity index (χ1) is 14.3. The lowest BCUT2D eigenvalue weighted by Gasteiger charge is -2.36. The van der Waals surface area contributed by atoms with Crippen LogP contribution < -0.4 is 10.5 Å². The molecule has 0 aromatic carbocycles. The summed E-state index contributed by atoms with van der Waals surface area (Å²) in [5.74, 6) is 0.546. The smallest absolute Gasteiger partial charge is 0.270 e. The third-order valence-electron chi connectivity index (χ3n) is 5.44. The summed E-state index contributed by atoms with van der Waals surface area (Å²) in [6.45, 7) is 5.79. The zero-order chi connectivity index (χ0) is 22.0. The van der Waals surface area contributed by atoms with Gasteiger partial charge in [-0.1, -0.05) is 24.0 Å². The number of likely N-dealkylation sites (N-methyl/N-ethyl adjacent to an activating group) is 1. The van der Waals surface area contributed by atoms with E-state index in [-0.39, 0.29) is 17.0 Å². The molecule has 1 aromatic heterocycles. The number of piperazine rings is 1. The number of hydrogen-bond donors (Lipinski definition) is 0. The van der Waals surface area contributed by atoms with Crippen LogP contribution in [0.1, 0.15) is 16.7 Å². The Bertz CT molecular complexity index is 1000. The molecule has 160 valence electrons. The van der Waals surface area contributed by atoms with Crippen molar-refractivity contribution in [3.8, 4) is 6.07 Å². The molecule has 8 nitrogen and oxygen atoms in total. The Labute approximate surface area is 185 Å². The highest BCUT2D eigenvalue weighted by Crippen LogP contribution is 2.35. The Morgan fingerprint density at radius 1 is 1.23 bits per heavy atom. The molecule has 2 aliphatic rings. The minimum atomic E-state index is -0.325. The molecule has 0 unspecified atom stereocenters. The Hall–Kier alpha value is -2.19. The van der Waals surface area contributed by atoms with Crippen molar-refractivity contribution in [2.45, 2.75) is 6.92 Å². The summed E-state index contributed by atoms with van der Waals surface area (Å²) in [7, 11) is 5.32. The average Bonchev–Trinajstić information content (AvgIpc) is 2.99. The van der Waals surface area contributed by atoms with Crippen molar-refractivity contribution in [1.29, 1.82) is 5.26 Å². The number of hydrogen-bond acceptors (Lipinski definition) is 8. The van der Waals surface area contributed by atoms with Crippen LogP contribution in [-0.2, 0) is 16.6 Å². The standard InChI is InChI=1S/C20H25N5O3S2/c1-13-14(11-16-19(27)25(9-10-28-4)20(29)30-16)17(23(3)18(26)15(13)12-21)24-7-5-22(2)6-8-24/h11H,5-10H2,1-4H3/b16-11-. The first-order valence-electron chi connectivity index (χ1n) is 9.61. The molecule has 30 heavy (non-hydrogen) atoms. The van der Waals surface area contributed by atoms with Gasteiger partial charge in [0.15, 0.2) is 0 Å². The van der Waals surface area contributed by atoms with Crippen molar-refractivity contribution in [3.05, 3.63) is 31.9 Å². The Morgan fingerprint density at radius 3 is 2.50 bits per heavy atom. The van der Waals surface area contributed by atoms with Gasteiger partial charge in [0, 0.05) is 45.9 Å². The largest absolute Gasteiger partial charge is 0.383 e. The van der Waals surface area contributed by atoms with Crippen molar-refractivity contribution in [1.82, 2.24) is 14.4 Å². The molecule has 1 amide bonds. The lowest BCUT2D eigenvalue weighted by atomic mass is 10.0. The number of amides is 1. The fourth-order valence-corrected chi connectivity index (χ4v) is 4.91. The fraction of sp³-hybridized carbons (Fsp3) is 0.500. The number of methoxy groups -OCH3 is 1. The van der Waals surface area contributed by atoms with Crippen LogP contribution in [0.5, 0.6) is 0 Å². The number of nitrogens with zero attached hydrogens (tertiary/aromatic N) is 5. The third-order valence-corrected chi connectivity index (χ3v) is 6.82. The van der Waals surface area contributed by atoms with Crippen molar-refractivity contribution in [2.24, 2.45) is 7.05 Å². The first-order valence-corrected chi connectivity index (χ1v) is 10.8. The molecule has 2 saturated heterocycles. The maximum Gasteiger partial charge on any atom is 0.270 e. The zero-order valence-electron chi connectivity index (χ0n) is 17.6. The minimum Gasteiger partial charge on any atom is -0.383 e. The number of pyridine rings is 1. The molecule has 2 aliphatic heterocycles. The molecule has 10 heteroatoms. The summed E-state index contributed by atoms with van der Waals surface area (Å²) in [5.41, 5.74) is 1.06. The van der Waals surface area contributed by atoms with Crippen molar-refractivity contribution >= 4 is 46.1 Å². The number of ether oxygens (including phenoxy) is 1. The van der Waals surface area contributed by atoms with Gasteiger partial charge in [-0.15, -0.1) is 0 Å². The molecule has 0 N–H and O–H groups in total. The number of nitriles is 1. The first kappa shape index (κ1) is 22.5. The summed E-state index contributed by atoms with van der Waals surface area (Å²) in [6, 6.07) is 2.03. The summed E-state index contributed by atoms with van der Waals surface area (Å²) in [5, 5.41) is 9.56. The van der Waals surface area contributed by atoms with Crippen LogP contribution in [-0.4, -0.2) is 78.1 Å². The van der Waals surface area contributed by atoms with Gasteiger partial charge in [-0.05, 0) is 25.6 Å². The molecule has 0 radical (unpaired) electrons. The molecule has 0 aliphatic carbocycles. The highest BCUT2D eigenvalue weighted by molar-refractivity contribution is 8.26. The number of rotatable bonds is 5. The monoisotopic (exact) mass is 447 g/mol. The van der Waals surface area contributed by atoms with E-state index >= 15 is 0 Å². The lowest BCUT2D eigenvalue weighted by molar-refractivity contribution is -0.122. The van der Waals surface area contributed by atoms with E-state index in [2.05, 4.69) is 16.8 Å². The van der Waals surface area contributed by atoms with Gasteiger partial charge in [-0.2, -0.15) is 5.26 Å². The number of carbonyl (C=O) groups is 1. The molecular formula is C20H25N5O3S2. The van der Waals surface area contributed by atoms with E-state index in [1.807, 2.05) is 6.07 Å². The summed E-state index contributed by atoms with van der Waals surface area (Å²) < 4.78 is 7.07. The minimum absolute atomic E-state index is 0.0940. The second kappa shape index (κ2) is 9.31. The Morgan fingerprint density at radius 2 is 1.90 bits per heavy atom. The Kier molecular flexibility index (Phi) is 6.98. The zero-order valence-corrected chi connectivity index (χ0v) is 19.2. The van der Waals surface area contributed by atoms with Gasteiger partial charge in [0.1, 0.15) is 21.8 Å². The Balaban J connectivity index is 2.12. The lowest BCUT2D eigenvalue weighted by Crippen LogP contribution is -2.46. The number of thiocarbonyl (C=S) groups is 1. The van der Waals surface area contributed by atoms with Gasteiger partial charge in [0.05, 0.1) is 18.1 Å². The molecule has 0 atom stereocenters.